The van der Waals surface area contributed by atoms with Gasteiger partial charge in [-0.05, 0) is 17.7 Å². The topological polar surface area (TPSA) is 80.2 Å². The van der Waals surface area contributed by atoms with Crippen molar-refractivity contribution in [2.75, 3.05) is 6.26 Å². The lowest BCUT2D eigenvalue weighted by Crippen LogP contribution is -2.13. The molecule has 5 nitrogen and oxygen atoms in total. The molecule has 0 aliphatic heterocycles. The van der Waals surface area contributed by atoms with E-state index in [-0.39, 0.29) is 17.0 Å². The highest BCUT2D eigenvalue weighted by Gasteiger charge is 2.21. The molecule has 0 radical (unpaired) electrons. The monoisotopic (exact) mass is 294 g/mol. The van der Waals surface area contributed by atoms with Crippen LogP contribution in [0.4, 0.5) is 0 Å². The summed E-state index contributed by atoms with van der Waals surface area (Å²) in [5, 5.41) is 10.9. The largest absolute Gasteiger partial charge is 0.476 e. The Balaban J connectivity index is 2.45. The van der Waals surface area contributed by atoms with E-state index in [1.807, 2.05) is 6.26 Å². The Hall–Kier alpha value is -1.73. The van der Waals surface area contributed by atoms with Crippen LogP contribution in [-0.2, 0) is 5.75 Å². The van der Waals surface area contributed by atoms with Gasteiger partial charge in [-0.2, -0.15) is 11.8 Å². The second kappa shape index (κ2) is 5.94. The van der Waals surface area contributed by atoms with Gasteiger partial charge in [0.25, 0.3) is 0 Å². The molecule has 0 saturated heterocycles. The van der Waals surface area contributed by atoms with Crippen molar-refractivity contribution in [3.63, 3.8) is 0 Å². The molecule has 19 heavy (non-hydrogen) atoms. The van der Waals surface area contributed by atoms with Crippen LogP contribution in [0.15, 0.2) is 23.7 Å². The molecule has 0 saturated carbocycles. The Morgan fingerprint density at radius 2 is 2.26 bits per heavy atom. The van der Waals surface area contributed by atoms with Crippen LogP contribution in [0.5, 0.6) is 0 Å². The van der Waals surface area contributed by atoms with E-state index >= 15 is 0 Å². The van der Waals surface area contributed by atoms with Crippen molar-refractivity contribution in [2.45, 2.75) is 5.75 Å². The molecule has 0 aliphatic carbocycles. The summed E-state index contributed by atoms with van der Waals surface area (Å²) in [5.74, 6) is -0.659. The van der Waals surface area contributed by atoms with Gasteiger partial charge < -0.3 is 5.11 Å². The number of carbonyl (C=O) groups is 2. The number of hydrogen-bond donors (Lipinski definition) is 1. The van der Waals surface area contributed by atoms with Crippen molar-refractivity contribution in [2.24, 2.45) is 0 Å². The van der Waals surface area contributed by atoms with Gasteiger partial charge in [0, 0.05) is 6.20 Å². The smallest absolute Gasteiger partial charge is 0.355 e. The normalized spacial score (nSPS) is 10.4. The Morgan fingerprint density at radius 1 is 1.47 bits per heavy atom. The van der Waals surface area contributed by atoms with Gasteiger partial charge in [-0.15, -0.1) is 11.3 Å². The third kappa shape index (κ3) is 2.99. The summed E-state index contributed by atoms with van der Waals surface area (Å²) in [6, 6.07) is 3.38. The lowest BCUT2D eigenvalue weighted by atomic mass is 10.1. The average molecular weight is 294 g/mol. The summed E-state index contributed by atoms with van der Waals surface area (Å²) >= 11 is 2.74. The first-order chi connectivity index (χ1) is 9.13. The SMILES string of the molecule is CSCc1ncc(C(=O)c2cccs2)c(C(=O)O)n1. The minimum atomic E-state index is -1.22. The van der Waals surface area contributed by atoms with E-state index < -0.39 is 5.97 Å². The summed E-state index contributed by atoms with van der Waals surface area (Å²) in [6.07, 6.45) is 3.17. The molecule has 2 aromatic heterocycles. The van der Waals surface area contributed by atoms with Crippen LogP contribution in [0.1, 0.15) is 31.5 Å². The summed E-state index contributed by atoms with van der Waals surface area (Å²) < 4.78 is 0. The van der Waals surface area contributed by atoms with Gasteiger partial charge in [0.05, 0.1) is 16.2 Å². The molecule has 0 fully saturated rings. The minimum Gasteiger partial charge on any atom is -0.476 e. The van der Waals surface area contributed by atoms with E-state index in [2.05, 4.69) is 9.97 Å². The number of aromatic carboxylic acids is 1. The zero-order chi connectivity index (χ0) is 13.8. The molecular weight excluding hydrogens is 284 g/mol. The molecule has 0 amide bonds. The van der Waals surface area contributed by atoms with Crippen molar-refractivity contribution in [1.29, 1.82) is 0 Å². The molecule has 7 heteroatoms. The number of thioether (sulfide) groups is 1. The van der Waals surface area contributed by atoms with Crippen LogP contribution in [0, 0.1) is 0 Å². The number of rotatable bonds is 5. The number of aromatic nitrogens is 2. The Bertz CT molecular complexity index is 611. The van der Waals surface area contributed by atoms with E-state index in [9.17, 15) is 9.59 Å². The van der Waals surface area contributed by atoms with Gasteiger partial charge in [-0.3, -0.25) is 4.79 Å². The van der Waals surface area contributed by atoms with Gasteiger partial charge in [-0.25, -0.2) is 14.8 Å². The number of carboxylic acid groups (broad SMARTS) is 1. The molecule has 0 spiro atoms. The predicted octanol–water partition coefficient (Wildman–Crippen LogP) is 2.33. The first kappa shape index (κ1) is 13.7. The zero-order valence-electron chi connectivity index (χ0n) is 9.99. The van der Waals surface area contributed by atoms with Crippen LogP contribution >= 0.6 is 23.1 Å². The van der Waals surface area contributed by atoms with Gasteiger partial charge in [0.2, 0.25) is 5.78 Å². The molecule has 2 aromatic rings. The molecule has 1 N–H and O–H groups in total. The van der Waals surface area contributed by atoms with E-state index in [0.29, 0.717) is 16.5 Å². The molecule has 2 rings (SSSR count). The second-order valence-electron chi connectivity index (χ2n) is 3.59. The molecule has 0 atom stereocenters. The maximum Gasteiger partial charge on any atom is 0.355 e. The number of carbonyl (C=O) groups excluding carboxylic acids is 1. The predicted molar refractivity (Wildman–Crippen MR) is 74.0 cm³/mol. The molecule has 0 aromatic carbocycles. The van der Waals surface area contributed by atoms with Crippen molar-refractivity contribution < 1.29 is 14.7 Å². The number of nitrogens with zero attached hydrogens (tertiary/aromatic N) is 2. The fraction of sp³-hybridized carbons (Fsp3) is 0.167. The first-order valence-electron chi connectivity index (χ1n) is 5.30. The van der Waals surface area contributed by atoms with Crippen LogP contribution in [-0.4, -0.2) is 33.1 Å². The maximum absolute atomic E-state index is 12.2. The lowest BCUT2D eigenvalue weighted by Gasteiger charge is -2.04. The van der Waals surface area contributed by atoms with E-state index in [0.717, 1.165) is 0 Å². The van der Waals surface area contributed by atoms with Crippen molar-refractivity contribution in [3.05, 3.63) is 45.7 Å². The quantitative estimate of drug-likeness (QED) is 0.852. The van der Waals surface area contributed by atoms with Crippen LogP contribution in [0.25, 0.3) is 0 Å². The van der Waals surface area contributed by atoms with Crippen molar-refractivity contribution >= 4 is 34.9 Å². The van der Waals surface area contributed by atoms with Gasteiger partial charge in [0.15, 0.2) is 5.69 Å². The summed E-state index contributed by atoms with van der Waals surface area (Å²) in [5.41, 5.74) is -0.211. The Kier molecular flexibility index (Phi) is 4.28. The Morgan fingerprint density at radius 3 is 2.84 bits per heavy atom. The number of ketones is 1. The molecule has 98 valence electrons. The van der Waals surface area contributed by atoms with Gasteiger partial charge >= 0.3 is 5.97 Å². The van der Waals surface area contributed by atoms with Crippen LogP contribution in [0.2, 0.25) is 0 Å². The Labute approximate surface area is 117 Å². The van der Waals surface area contributed by atoms with Gasteiger partial charge in [-0.1, -0.05) is 6.07 Å². The van der Waals surface area contributed by atoms with Crippen LogP contribution in [0.3, 0.4) is 0 Å². The highest BCUT2D eigenvalue weighted by molar-refractivity contribution is 7.97. The number of hydrogen-bond acceptors (Lipinski definition) is 6. The molecule has 2 heterocycles. The zero-order valence-corrected chi connectivity index (χ0v) is 11.6. The average Bonchev–Trinajstić information content (AvgIpc) is 2.92. The number of thiophene rings is 1. The van der Waals surface area contributed by atoms with Crippen molar-refractivity contribution in [1.82, 2.24) is 9.97 Å². The highest BCUT2D eigenvalue weighted by Crippen LogP contribution is 2.17. The highest BCUT2D eigenvalue weighted by atomic mass is 32.2. The second-order valence-corrected chi connectivity index (χ2v) is 5.41. The fourth-order valence-corrected chi connectivity index (χ4v) is 2.56. The lowest BCUT2D eigenvalue weighted by molar-refractivity contribution is 0.0685. The van der Waals surface area contributed by atoms with E-state index in [1.165, 1.54) is 29.3 Å². The third-order valence-electron chi connectivity index (χ3n) is 2.30. The molecule has 0 bridgehead atoms. The van der Waals surface area contributed by atoms with Gasteiger partial charge in [0.1, 0.15) is 5.82 Å². The molecule has 0 unspecified atom stereocenters. The standard InChI is InChI=1S/C12H10N2O3S2/c1-18-6-9-13-5-7(10(14-9)12(16)17)11(15)8-3-2-4-19-8/h2-5H,6H2,1H3,(H,16,17). The van der Waals surface area contributed by atoms with E-state index in [4.69, 9.17) is 5.11 Å². The molecule has 0 aliphatic rings. The summed E-state index contributed by atoms with van der Waals surface area (Å²) in [6.45, 7) is 0. The van der Waals surface area contributed by atoms with Crippen LogP contribution < -0.4 is 0 Å². The van der Waals surface area contributed by atoms with E-state index in [1.54, 1.807) is 17.5 Å². The number of carboxylic acids is 1. The fourth-order valence-electron chi connectivity index (χ4n) is 1.49. The van der Waals surface area contributed by atoms with Crippen molar-refractivity contribution in [3.8, 4) is 0 Å². The molecular formula is C12H10N2O3S2. The maximum atomic E-state index is 12.2. The third-order valence-corrected chi connectivity index (χ3v) is 3.72. The first-order valence-corrected chi connectivity index (χ1v) is 7.57. The summed E-state index contributed by atoms with van der Waals surface area (Å²) in [4.78, 5) is 31.8. The minimum absolute atomic E-state index is 0.0276. The summed E-state index contributed by atoms with van der Waals surface area (Å²) in [7, 11) is 0.